The van der Waals surface area contributed by atoms with Gasteiger partial charge in [-0.15, -0.1) is 0 Å². The van der Waals surface area contributed by atoms with Gasteiger partial charge in [0.15, 0.2) is 0 Å². The molecule has 3 unspecified atom stereocenters. The number of piperidine rings is 1. The first-order chi connectivity index (χ1) is 10.1. The lowest BCUT2D eigenvalue weighted by molar-refractivity contribution is 0.0208. The Balaban J connectivity index is 1.96. The van der Waals surface area contributed by atoms with E-state index in [1.54, 1.807) is 0 Å². The van der Waals surface area contributed by atoms with Gasteiger partial charge in [-0.2, -0.15) is 0 Å². The number of hydrogen-bond acceptors (Lipinski definition) is 4. The fraction of sp³-hybridized carbons (Fsp3) is 1.00. The maximum atomic E-state index is 9.94. The maximum Gasteiger partial charge on any atom is 0.0613 e. The highest BCUT2D eigenvalue weighted by Crippen LogP contribution is 2.33. The van der Waals surface area contributed by atoms with Crippen molar-refractivity contribution >= 4 is 0 Å². The van der Waals surface area contributed by atoms with E-state index in [0.717, 1.165) is 19.4 Å². The minimum Gasteiger partial charge on any atom is -0.394 e. The second-order valence-corrected chi connectivity index (χ2v) is 7.45. The highest BCUT2D eigenvalue weighted by atomic mass is 16.5. The number of nitrogens with zero attached hydrogens (tertiary/aromatic N) is 1. The third-order valence-electron chi connectivity index (χ3n) is 5.19. The summed E-state index contributed by atoms with van der Waals surface area (Å²) in [7, 11) is 1.81. The van der Waals surface area contributed by atoms with Gasteiger partial charge < -0.3 is 15.2 Å². The molecule has 0 aromatic rings. The zero-order valence-electron chi connectivity index (χ0n) is 14.1. The molecule has 124 valence electrons. The average molecular weight is 298 g/mol. The summed E-state index contributed by atoms with van der Waals surface area (Å²) in [6, 6.07) is 1.05. The first-order valence-corrected chi connectivity index (χ1v) is 8.70. The minimum atomic E-state index is -0.0642. The van der Waals surface area contributed by atoms with Crippen molar-refractivity contribution in [3.63, 3.8) is 0 Å². The Morgan fingerprint density at radius 2 is 2.14 bits per heavy atom. The molecule has 0 radical (unpaired) electrons. The number of methoxy groups -OCH3 is 1. The largest absolute Gasteiger partial charge is 0.394 e. The van der Waals surface area contributed by atoms with Crippen molar-refractivity contribution in [2.45, 2.75) is 70.0 Å². The molecule has 2 N–H and O–H groups in total. The Morgan fingerprint density at radius 3 is 2.81 bits per heavy atom. The lowest BCUT2D eigenvalue weighted by atomic mass is 9.77. The molecule has 4 nitrogen and oxygen atoms in total. The molecule has 2 fully saturated rings. The van der Waals surface area contributed by atoms with Crippen LogP contribution < -0.4 is 5.32 Å². The Hall–Kier alpha value is -0.160. The number of ether oxygens (including phenoxy) is 1. The number of aliphatic hydroxyl groups excluding tert-OH is 1. The molecule has 0 aromatic carbocycles. The lowest BCUT2D eigenvalue weighted by Gasteiger charge is -2.47. The molecule has 0 spiro atoms. The number of likely N-dealkylation sites (tertiary alicyclic amines) is 1. The molecule has 1 heterocycles. The van der Waals surface area contributed by atoms with Gasteiger partial charge in [-0.3, -0.25) is 4.90 Å². The number of rotatable bonds is 6. The lowest BCUT2D eigenvalue weighted by Crippen LogP contribution is -2.58. The molecule has 1 saturated heterocycles. The Labute approximate surface area is 130 Å². The number of hydrogen-bond donors (Lipinski definition) is 2. The van der Waals surface area contributed by atoms with Crippen LogP contribution in [0.25, 0.3) is 0 Å². The van der Waals surface area contributed by atoms with Crippen molar-refractivity contribution in [2.24, 2.45) is 5.92 Å². The van der Waals surface area contributed by atoms with E-state index in [1.807, 2.05) is 7.11 Å². The van der Waals surface area contributed by atoms with Crippen LogP contribution in [0, 0.1) is 5.92 Å². The summed E-state index contributed by atoms with van der Waals surface area (Å²) < 4.78 is 5.35. The molecule has 1 aliphatic heterocycles. The molecule has 1 aliphatic carbocycles. The van der Waals surface area contributed by atoms with Crippen LogP contribution in [-0.4, -0.2) is 61.0 Å². The van der Waals surface area contributed by atoms with E-state index in [-0.39, 0.29) is 12.1 Å². The van der Waals surface area contributed by atoms with Gasteiger partial charge in [-0.25, -0.2) is 0 Å². The number of nitrogens with one attached hydrogen (secondary N) is 1. The summed E-state index contributed by atoms with van der Waals surface area (Å²) in [5.41, 5.74) is -0.0642. The molecule has 1 saturated carbocycles. The van der Waals surface area contributed by atoms with Crippen LogP contribution in [0.3, 0.4) is 0 Å². The molecule has 0 amide bonds. The molecule has 3 atom stereocenters. The van der Waals surface area contributed by atoms with Gasteiger partial charge in [0.1, 0.15) is 0 Å². The summed E-state index contributed by atoms with van der Waals surface area (Å²) in [6.07, 6.45) is 7.27. The standard InChI is InChI=1S/C17H34N2O2/c1-14(2)18-17(13-20)8-4-7-16(10-17)19-9-5-6-15(11-19)12-21-3/h14-16,18,20H,4-13H2,1-3H3. The molecule has 2 rings (SSSR count). The zero-order valence-corrected chi connectivity index (χ0v) is 14.1. The van der Waals surface area contributed by atoms with Crippen LogP contribution in [0.4, 0.5) is 0 Å². The molecule has 21 heavy (non-hydrogen) atoms. The fourth-order valence-corrected chi connectivity index (χ4v) is 4.38. The van der Waals surface area contributed by atoms with Gasteiger partial charge in [0.05, 0.1) is 13.2 Å². The molecule has 2 aliphatic rings. The maximum absolute atomic E-state index is 9.94. The van der Waals surface area contributed by atoms with Crippen molar-refractivity contribution in [3.05, 3.63) is 0 Å². The molecule has 0 aromatic heterocycles. The van der Waals surface area contributed by atoms with Crippen LogP contribution >= 0.6 is 0 Å². The van der Waals surface area contributed by atoms with Gasteiger partial charge in [-0.05, 0) is 51.0 Å². The summed E-state index contributed by atoms with van der Waals surface area (Å²) in [6.45, 7) is 7.89. The van der Waals surface area contributed by atoms with Crippen molar-refractivity contribution in [2.75, 3.05) is 33.4 Å². The third-order valence-corrected chi connectivity index (χ3v) is 5.19. The van der Waals surface area contributed by atoms with Crippen LogP contribution in [0.1, 0.15) is 52.4 Å². The summed E-state index contributed by atoms with van der Waals surface area (Å²) in [4.78, 5) is 2.67. The Morgan fingerprint density at radius 1 is 1.33 bits per heavy atom. The van der Waals surface area contributed by atoms with Crippen molar-refractivity contribution < 1.29 is 9.84 Å². The van der Waals surface area contributed by atoms with E-state index in [9.17, 15) is 5.11 Å². The van der Waals surface area contributed by atoms with Gasteiger partial charge in [0, 0.05) is 31.3 Å². The smallest absolute Gasteiger partial charge is 0.0613 e. The van der Waals surface area contributed by atoms with E-state index in [2.05, 4.69) is 24.1 Å². The highest BCUT2D eigenvalue weighted by molar-refractivity contribution is 4.98. The molecule has 4 heteroatoms. The van der Waals surface area contributed by atoms with E-state index in [0.29, 0.717) is 18.0 Å². The average Bonchev–Trinajstić information content (AvgIpc) is 2.47. The molecular formula is C17H34N2O2. The van der Waals surface area contributed by atoms with Gasteiger partial charge in [0.2, 0.25) is 0 Å². The fourth-order valence-electron chi connectivity index (χ4n) is 4.38. The van der Waals surface area contributed by atoms with E-state index in [1.165, 1.54) is 38.8 Å². The van der Waals surface area contributed by atoms with Gasteiger partial charge >= 0.3 is 0 Å². The van der Waals surface area contributed by atoms with Crippen molar-refractivity contribution in [3.8, 4) is 0 Å². The first kappa shape index (κ1) is 17.2. The quantitative estimate of drug-likeness (QED) is 0.787. The summed E-state index contributed by atoms with van der Waals surface area (Å²) in [5, 5.41) is 13.6. The molecular weight excluding hydrogens is 264 g/mol. The normalized spacial score (nSPS) is 35.3. The zero-order chi connectivity index (χ0) is 15.3. The number of aliphatic hydroxyl groups is 1. The Bertz CT molecular complexity index is 309. The van der Waals surface area contributed by atoms with E-state index < -0.39 is 0 Å². The minimum absolute atomic E-state index is 0.0642. The van der Waals surface area contributed by atoms with Crippen LogP contribution in [0.2, 0.25) is 0 Å². The highest BCUT2D eigenvalue weighted by Gasteiger charge is 2.39. The van der Waals surface area contributed by atoms with Gasteiger partial charge in [-0.1, -0.05) is 13.8 Å². The molecule has 0 bridgehead atoms. The predicted molar refractivity (Wildman–Crippen MR) is 86.5 cm³/mol. The van der Waals surface area contributed by atoms with Crippen LogP contribution in [0.5, 0.6) is 0 Å². The van der Waals surface area contributed by atoms with E-state index >= 15 is 0 Å². The van der Waals surface area contributed by atoms with Gasteiger partial charge in [0.25, 0.3) is 0 Å². The third kappa shape index (κ3) is 4.65. The SMILES string of the molecule is COCC1CCCN(C2CCCC(CO)(NC(C)C)C2)C1. The Kier molecular flexibility index (Phi) is 6.48. The van der Waals surface area contributed by atoms with Crippen LogP contribution in [-0.2, 0) is 4.74 Å². The monoisotopic (exact) mass is 298 g/mol. The topological polar surface area (TPSA) is 44.7 Å². The van der Waals surface area contributed by atoms with E-state index in [4.69, 9.17) is 4.74 Å². The second kappa shape index (κ2) is 7.91. The summed E-state index contributed by atoms with van der Waals surface area (Å²) >= 11 is 0. The summed E-state index contributed by atoms with van der Waals surface area (Å²) in [5.74, 6) is 0.687. The van der Waals surface area contributed by atoms with Crippen molar-refractivity contribution in [1.82, 2.24) is 10.2 Å². The predicted octanol–water partition coefficient (Wildman–Crippen LogP) is 2.02. The van der Waals surface area contributed by atoms with Crippen LogP contribution in [0.15, 0.2) is 0 Å². The first-order valence-electron chi connectivity index (χ1n) is 8.70. The second-order valence-electron chi connectivity index (χ2n) is 7.45. The van der Waals surface area contributed by atoms with Crippen molar-refractivity contribution in [1.29, 1.82) is 0 Å².